The number of halogens is 3. The van der Waals surface area contributed by atoms with Crippen molar-refractivity contribution < 1.29 is 22.5 Å². The number of likely N-dealkylation sites (tertiary alicyclic amines) is 1. The highest BCUT2D eigenvalue weighted by Crippen LogP contribution is 2.32. The maximum absolute atomic E-state index is 12.9. The normalized spacial score (nSPS) is 16.1. The van der Waals surface area contributed by atoms with Crippen LogP contribution in [-0.4, -0.2) is 39.0 Å². The summed E-state index contributed by atoms with van der Waals surface area (Å²) < 4.78 is 43.8. The molecule has 1 fully saturated rings. The van der Waals surface area contributed by atoms with Crippen LogP contribution < -0.4 is 0 Å². The van der Waals surface area contributed by atoms with Crippen LogP contribution in [0.2, 0.25) is 0 Å². The smallest absolute Gasteiger partial charge is 0.357 e. The summed E-state index contributed by atoms with van der Waals surface area (Å²) in [4.78, 5) is 21.2. The molecule has 0 atom stereocenters. The Bertz CT molecular complexity index is 1030. The molecule has 0 aromatic carbocycles. The first-order chi connectivity index (χ1) is 13.7. The Morgan fingerprint density at radius 3 is 2.59 bits per heavy atom. The third-order valence-corrected chi connectivity index (χ3v) is 5.34. The van der Waals surface area contributed by atoms with Gasteiger partial charge in [0.1, 0.15) is 5.69 Å². The number of aromatic amines is 1. The fourth-order valence-electron chi connectivity index (χ4n) is 3.62. The van der Waals surface area contributed by atoms with Crippen LogP contribution >= 0.6 is 0 Å². The molecule has 1 aliphatic heterocycles. The number of nitrogens with one attached hydrogen (secondary N) is 1. The molecule has 1 saturated heterocycles. The molecule has 154 valence electrons. The van der Waals surface area contributed by atoms with Crippen LogP contribution in [0.25, 0.3) is 11.0 Å². The van der Waals surface area contributed by atoms with E-state index in [4.69, 9.17) is 4.52 Å². The number of nitrogens with zero attached hydrogens (tertiary/aromatic N) is 3. The quantitative estimate of drug-likeness (QED) is 0.683. The molecule has 0 saturated carbocycles. The van der Waals surface area contributed by atoms with Crippen molar-refractivity contribution in [2.75, 3.05) is 13.1 Å². The molecule has 1 amide bonds. The second-order valence-electron chi connectivity index (χ2n) is 7.69. The van der Waals surface area contributed by atoms with Gasteiger partial charge in [-0.3, -0.25) is 4.79 Å². The lowest BCUT2D eigenvalue weighted by Crippen LogP contribution is -2.37. The van der Waals surface area contributed by atoms with E-state index in [1.54, 1.807) is 17.0 Å². The van der Waals surface area contributed by atoms with Crippen molar-refractivity contribution in [1.29, 1.82) is 0 Å². The monoisotopic (exact) mass is 406 g/mol. The minimum absolute atomic E-state index is 0.128. The highest BCUT2D eigenvalue weighted by molar-refractivity contribution is 5.91. The first-order valence-corrected chi connectivity index (χ1v) is 9.55. The van der Waals surface area contributed by atoms with Crippen LogP contribution in [-0.2, 0) is 6.18 Å². The number of aromatic nitrogens is 3. The highest BCUT2D eigenvalue weighted by atomic mass is 19.4. The second-order valence-corrected chi connectivity index (χ2v) is 7.69. The van der Waals surface area contributed by atoms with Crippen LogP contribution in [0.3, 0.4) is 0 Å². The minimum Gasteiger partial charge on any atom is -0.357 e. The summed E-state index contributed by atoms with van der Waals surface area (Å²) in [6.07, 6.45) is -3.06. The summed E-state index contributed by atoms with van der Waals surface area (Å²) in [5.74, 6) is 0.362. The van der Waals surface area contributed by atoms with Gasteiger partial charge in [0.25, 0.3) is 5.91 Å². The van der Waals surface area contributed by atoms with Gasteiger partial charge in [0, 0.05) is 30.8 Å². The fourth-order valence-corrected chi connectivity index (χ4v) is 3.62. The molecule has 3 aromatic rings. The van der Waals surface area contributed by atoms with Crippen LogP contribution in [0.5, 0.6) is 0 Å². The largest absolute Gasteiger partial charge is 0.433 e. The molecule has 0 spiro atoms. The average Bonchev–Trinajstić information content (AvgIpc) is 3.33. The molecule has 4 rings (SSSR count). The lowest BCUT2D eigenvalue weighted by molar-refractivity contribution is -0.140. The molecule has 6 nitrogen and oxygen atoms in total. The molecule has 0 aliphatic carbocycles. The molecule has 0 radical (unpaired) electrons. The fraction of sp³-hybridized carbons (Fsp3) is 0.450. The number of piperidine rings is 1. The zero-order valence-electron chi connectivity index (χ0n) is 16.1. The number of rotatable bonds is 3. The molecule has 0 bridgehead atoms. The van der Waals surface area contributed by atoms with Crippen LogP contribution in [0, 0.1) is 0 Å². The van der Waals surface area contributed by atoms with Crippen molar-refractivity contribution in [3.05, 3.63) is 47.1 Å². The zero-order chi connectivity index (χ0) is 20.8. The van der Waals surface area contributed by atoms with Crippen molar-refractivity contribution in [1.82, 2.24) is 20.0 Å². The summed E-state index contributed by atoms with van der Waals surface area (Å²) >= 11 is 0. The van der Waals surface area contributed by atoms with Crippen molar-refractivity contribution in [2.45, 2.75) is 44.7 Å². The summed E-state index contributed by atoms with van der Waals surface area (Å²) in [5, 5.41) is 3.93. The van der Waals surface area contributed by atoms with Gasteiger partial charge < -0.3 is 14.4 Å². The van der Waals surface area contributed by atoms with E-state index < -0.39 is 11.9 Å². The number of amides is 1. The Hall–Kier alpha value is -2.84. The van der Waals surface area contributed by atoms with Crippen molar-refractivity contribution in [3.63, 3.8) is 0 Å². The number of fused-ring (bicyclic) bond motifs is 1. The molecule has 29 heavy (non-hydrogen) atoms. The minimum atomic E-state index is -4.46. The Morgan fingerprint density at radius 2 is 1.97 bits per heavy atom. The molecule has 0 unspecified atom stereocenters. The van der Waals surface area contributed by atoms with Gasteiger partial charge >= 0.3 is 6.18 Å². The summed E-state index contributed by atoms with van der Waals surface area (Å²) in [6.45, 7) is 5.03. The summed E-state index contributed by atoms with van der Waals surface area (Å²) in [6, 6.07) is 5.75. The van der Waals surface area contributed by atoms with Gasteiger partial charge in [0.15, 0.2) is 0 Å². The molecule has 9 heteroatoms. The van der Waals surface area contributed by atoms with E-state index in [0.717, 1.165) is 17.5 Å². The van der Waals surface area contributed by atoms with Crippen molar-refractivity contribution in [2.24, 2.45) is 0 Å². The van der Waals surface area contributed by atoms with Gasteiger partial charge in [0.05, 0.1) is 16.7 Å². The van der Waals surface area contributed by atoms with E-state index in [0.29, 0.717) is 37.0 Å². The predicted molar refractivity (Wildman–Crippen MR) is 99.6 cm³/mol. The molecule has 4 heterocycles. The molecule has 1 aliphatic rings. The molecular formula is C20H21F3N4O2. The number of hydrogen-bond acceptors (Lipinski definition) is 4. The number of alkyl halides is 3. The van der Waals surface area contributed by atoms with E-state index in [1.165, 1.54) is 6.07 Å². The Morgan fingerprint density at radius 1 is 1.24 bits per heavy atom. The Balaban J connectivity index is 1.44. The van der Waals surface area contributed by atoms with E-state index in [1.807, 2.05) is 13.8 Å². The maximum atomic E-state index is 12.9. The van der Waals surface area contributed by atoms with Crippen LogP contribution in [0.15, 0.2) is 28.8 Å². The number of hydrogen-bond donors (Lipinski definition) is 1. The van der Waals surface area contributed by atoms with Gasteiger partial charge in [-0.1, -0.05) is 19.0 Å². The average molecular weight is 406 g/mol. The van der Waals surface area contributed by atoms with E-state index >= 15 is 0 Å². The molecule has 1 N–H and O–H groups in total. The molecule has 3 aromatic heterocycles. The zero-order valence-corrected chi connectivity index (χ0v) is 16.1. The SMILES string of the molecule is CC(C)c1cc(C(=O)N2CCC(c3cc4nc(C(F)(F)F)ccc4[nH]3)CC2)on1. The van der Waals surface area contributed by atoms with Gasteiger partial charge in [0.2, 0.25) is 5.76 Å². The summed E-state index contributed by atoms with van der Waals surface area (Å²) in [7, 11) is 0. The van der Waals surface area contributed by atoms with Gasteiger partial charge in [-0.2, -0.15) is 13.2 Å². The van der Waals surface area contributed by atoms with Crippen LogP contribution in [0.1, 0.15) is 66.2 Å². The predicted octanol–water partition coefficient (Wildman–Crippen LogP) is 4.71. The number of pyridine rings is 1. The second kappa shape index (κ2) is 7.20. The highest BCUT2D eigenvalue weighted by Gasteiger charge is 2.33. The standard InChI is InChI=1S/C20H21F3N4O2/c1-11(2)14-10-17(29-26-14)19(28)27-7-5-12(6-8-27)15-9-16-13(24-15)3-4-18(25-16)20(21,22)23/h3-4,9-12,24H,5-8H2,1-2H3. The number of carbonyl (C=O) groups excluding carboxylic acids is 1. The lowest BCUT2D eigenvalue weighted by atomic mass is 9.93. The van der Waals surface area contributed by atoms with Gasteiger partial charge in [-0.15, -0.1) is 0 Å². The third kappa shape index (κ3) is 3.86. The number of H-pyrrole nitrogens is 1. The first kappa shape index (κ1) is 19.5. The van der Waals surface area contributed by atoms with Crippen LogP contribution in [0.4, 0.5) is 13.2 Å². The van der Waals surface area contributed by atoms with Crippen molar-refractivity contribution in [3.8, 4) is 0 Å². The molecular weight excluding hydrogens is 385 g/mol. The third-order valence-electron chi connectivity index (χ3n) is 5.34. The van der Waals surface area contributed by atoms with E-state index in [2.05, 4.69) is 15.1 Å². The van der Waals surface area contributed by atoms with Gasteiger partial charge in [-0.05, 0) is 37.0 Å². The Labute approximate surface area is 165 Å². The maximum Gasteiger partial charge on any atom is 0.433 e. The lowest BCUT2D eigenvalue weighted by Gasteiger charge is -2.30. The van der Waals surface area contributed by atoms with E-state index in [-0.39, 0.29) is 23.5 Å². The van der Waals surface area contributed by atoms with Crippen molar-refractivity contribution >= 4 is 16.9 Å². The van der Waals surface area contributed by atoms with Gasteiger partial charge in [-0.25, -0.2) is 4.98 Å². The first-order valence-electron chi connectivity index (χ1n) is 9.55. The Kier molecular flexibility index (Phi) is 4.84. The number of carbonyl (C=O) groups is 1. The topological polar surface area (TPSA) is 75.0 Å². The summed E-state index contributed by atoms with van der Waals surface area (Å²) in [5.41, 5.74) is 1.57. The van der Waals surface area contributed by atoms with E-state index in [9.17, 15) is 18.0 Å².